The number of ketones is 1. The molecular formula is C36H52O11. The van der Waals surface area contributed by atoms with Gasteiger partial charge in [0, 0.05) is 50.4 Å². The average molecular weight is 661 g/mol. The van der Waals surface area contributed by atoms with Gasteiger partial charge < -0.3 is 34.6 Å². The summed E-state index contributed by atoms with van der Waals surface area (Å²) < 4.78 is 19.6. The maximum absolute atomic E-state index is 13.2. The van der Waals surface area contributed by atoms with Gasteiger partial charge in [-0.05, 0) is 45.1 Å². The van der Waals surface area contributed by atoms with Crippen LogP contribution in [0.25, 0.3) is 0 Å². The Bertz CT molecular complexity index is 1250. The summed E-state index contributed by atoms with van der Waals surface area (Å²) in [7, 11) is 1.65. The summed E-state index contributed by atoms with van der Waals surface area (Å²) in [6.45, 7) is 7.33. The predicted molar refractivity (Wildman–Crippen MR) is 176 cm³/mol. The number of carboxylic acid groups (broad SMARTS) is 3. The van der Waals surface area contributed by atoms with Crippen LogP contribution in [0.15, 0.2) is 59.8 Å². The Balaban J connectivity index is 2.36. The minimum Gasteiger partial charge on any atom is -0.481 e. The fourth-order valence-corrected chi connectivity index (χ4v) is 6.09. The second-order valence-electron chi connectivity index (χ2n) is 12.7. The normalized spacial score (nSPS) is 28.7. The highest BCUT2D eigenvalue weighted by Crippen LogP contribution is 2.48. The van der Waals surface area contributed by atoms with Gasteiger partial charge in [-0.3, -0.25) is 9.59 Å². The lowest BCUT2D eigenvalue weighted by Crippen LogP contribution is -2.59. The molecule has 2 rings (SSSR count). The lowest BCUT2D eigenvalue weighted by Gasteiger charge is -2.53. The van der Waals surface area contributed by atoms with Crippen molar-refractivity contribution in [2.75, 3.05) is 7.11 Å². The number of hydrogen-bond acceptors (Lipinski definition) is 8. The molecular weight excluding hydrogens is 608 g/mol. The number of aliphatic carboxylic acids is 3. The fraction of sp³-hybridized carbons (Fsp3) is 0.611. The van der Waals surface area contributed by atoms with Crippen molar-refractivity contribution in [3.63, 3.8) is 0 Å². The van der Waals surface area contributed by atoms with Crippen LogP contribution in [0.2, 0.25) is 0 Å². The minimum absolute atomic E-state index is 0.103. The number of unbranched alkanes of at least 4 members (excludes halogenated alkanes) is 1. The van der Waals surface area contributed by atoms with Crippen LogP contribution in [0.3, 0.4) is 0 Å². The molecule has 2 aliphatic rings. The molecule has 47 heavy (non-hydrogen) atoms. The van der Waals surface area contributed by atoms with Crippen molar-refractivity contribution in [2.24, 2.45) is 11.8 Å². The van der Waals surface area contributed by atoms with Gasteiger partial charge in [0.1, 0.15) is 11.9 Å². The molecule has 2 aliphatic heterocycles. The Kier molecular flexibility index (Phi) is 15.9. The molecule has 0 aliphatic carbocycles. The van der Waals surface area contributed by atoms with Gasteiger partial charge in [0.25, 0.3) is 0 Å². The SMILES string of the molecule is CCCCC1(OC)CCC2(CCC(C(=O)CCC(=O)O)C(C/C=C(C)/C=C/C(O)C(C)/C=C/C(=O)O)O2)OC1/C=C/C(C)=C/C(=O)O. The number of aliphatic hydroxyl groups excluding tert-OH is 1. The molecule has 7 unspecified atom stereocenters. The van der Waals surface area contributed by atoms with Crippen LogP contribution in [-0.2, 0) is 33.4 Å². The topological polar surface area (TPSA) is 177 Å². The molecule has 11 heteroatoms. The first kappa shape index (κ1) is 39.8. The van der Waals surface area contributed by atoms with E-state index < -0.39 is 59.4 Å². The molecule has 11 nitrogen and oxygen atoms in total. The summed E-state index contributed by atoms with van der Waals surface area (Å²) in [6, 6.07) is 0. The van der Waals surface area contributed by atoms with Gasteiger partial charge in [0.15, 0.2) is 5.79 Å². The number of hydrogen-bond donors (Lipinski definition) is 4. The van der Waals surface area contributed by atoms with Gasteiger partial charge in [-0.15, -0.1) is 0 Å². The van der Waals surface area contributed by atoms with Crippen LogP contribution in [-0.4, -0.2) is 80.9 Å². The quantitative estimate of drug-likeness (QED) is 0.103. The highest BCUT2D eigenvalue weighted by atomic mass is 16.7. The number of ether oxygens (including phenoxy) is 3. The summed E-state index contributed by atoms with van der Waals surface area (Å²) in [5.41, 5.74) is 0.689. The molecule has 2 fully saturated rings. The van der Waals surface area contributed by atoms with Crippen molar-refractivity contribution in [3.05, 3.63) is 59.8 Å². The molecule has 0 aromatic rings. The van der Waals surface area contributed by atoms with Crippen LogP contribution in [0, 0.1) is 11.8 Å². The number of carbonyl (C=O) groups is 4. The number of carbonyl (C=O) groups excluding carboxylic acids is 1. The highest BCUT2D eigenvalue weighted by Gasteiger charge is 2.53. The van der Waals surface area contributed by atoms with E-state index in [-0.39, 0.29) is 18.6 Å². The van der Waals surface area contributed by atoms with E-state index in [1.165, 1.54) is 6.08 Å². The van der Waals surface area contributed by atoms with Crippen molar-refractivity contribution in [2.45, 2.75) is 122 Å². The van der Waals surface area contributed by atoms with E-state index in [2.05, 4.69) is 6.92 Å². The molecule has 0 saturated carbocycles. The summed E-state index contributed by atoms with van der Waals surface area (Å²) in [5, 5.41) is 37.6. The first-order valence-corrected chi connectivity index (χ1v) is 16.3. The average Bonchev–Trinajstić information content (AvgIpc) is 3.02. The smallest absolute Gasteiger partial charge is 0.328 e. The Hall–Kier alpha value is -3.38. The third-order valence-corrected chi connectivity index (χ3v) is 8.99. The third-order valence-electron chi connectivity index (χ3n) is 8.99. The second kappa shape index (κ2) is 18.8. The zero-order chi connectivity index (χ0) is 35.2. The zero-order valence-corrected chi connectivity index (χ0v) is 28.2. The Labute approximate surface area is 277 Å². The molecule has 0 aromatic heterocycles. The molecule has 2 saturated heterocycles. The third kappa shape index (κ3) is 12.6. The molecule has 4 N–H and O–H groups in total. The van der Waals surface area contributed by atoms with Crippen molar-refractivity contribution in [1.82, 2.24) is 0 Å². The molecule has 262 valence electrons. The van der Waals surface area contributed by atoms with E-state index in [0.717, 1.165) is 37.0 Å². The van der Waals surface area contributed by atoms with E-state index in [1.54, 1.807) is 39.2 Å². The second-order valence-corrected chi connectivity index (χ2v) is 12.7. The summed E-state index contributed by atoms with van der Waals surface area (Å²) in [6.07, 6.45) is 14.8. The van der Waals surface area contributed by atoms with Crippen LogP contribution < -0.4 is 0 Å². The van der Waals surface area contributed by atoms with Gasteiger partial charge in [-0.2, -0.15) is 0 Å². The molecule has 7 atom stereocenters. The van der Waals surface area contributed by atoms with Crippen LogP contribution in [0.4, 0.5) is 0 Å². The molecule has 1 spiro atoms. The largest absolute Gasteiger partial charge is 0.481 e. The Morgan fingerprint density at radius 3 is 2.28 bits per heavy atom. The van der Waals surface area contributed by atoms with Crippen LogP contribution >= 0.6 is 0 Å². The van der Waals surface area contributed by atoms with E-state index in [4.69, 9.17) is 19.3 Å². The van der Waals surface area contributed by atoms with Gasteiger partial charge >= 0.3 is 17.9 Å². The van der Waals surface area contributed by atoms with Crippen LogP contribution in [0.5, 0.6) is 0 Å². The van der Waals surface area contributed by atoms with E-state index in [1.807, 2.05) is 19.1 Å². The van der Waals surface area contributed by atoms with Gasteiger partial charge in [0.05, 0.1) is 24.2 Å². The predicted octanol–water partition coefficient (Wildman–Crippen LogP) is 5.78. The molecule has 2 heterocycles. The summed E-state index contributed by atoms with van der Waals surface area (Å²) in [4.78, 5) is 46.5. The van der Waals surface area contributed by atoms with Gasteiger partial charge in [0.2, 0.25) is 0 Å². The first-order valence-electron chi connectivity index (χ1n) is 16.3. The standard InChI is InChI=1S/C36H52O11/c1-6-7-19-35(45-5)21-22-36(47-31(35)15-10-25(3)23-34(43)44)20-18-27(29(38)13-17-33(41)42)30(46-36)14-9-24(2)8-12-28(37)26(4)11-16-32(39)40/h8-12,15-16,23,26-28,30-31,37H,6-7,13-14,17-22H2,1-5H3,(H,39,40)(H,41,42)(H,43,44)/b12-8+,15-10+,16-11+,24-9+,25-23+. The van der Waals surface area contributed by atoms with Crippen molar-refractivity contribution in [3.8, 4) is 0 Å². The highest BCUT2D eigenvalue weighted by molar-refractivity contribution is 5.85. The van der Waals surface area contributed by atoms with E-state index >= 15 is 0 Å². The van der Waals surface area contributed by atoms with Gasteiger partial charge in [-0.1, -0.05) is 68.7 Å². The van der Waals surface area contributed by atoms with Crippen LogP contribution in [0.1, 0.15) is 91.9 Å². The lowest BCUT2D eigenvalue weighted by molar-refractivity contribution is -0.345. The monoisotopic (exact) mass is 660 g/mol. The van der Waals surface area contributed by atoms with Crippen molar-refractivity contribution >= 4 is 23.7 Å². The van der Waals surface area contributed by atoms with Crippen molar-refractivity contribution in [1.29, 1.82) is 0 Å². The fourth-order valence-electron chi connectivity index (χ4n) is 6.09. The van der Waals surface area contributed by atoms with E-state index in [9.17, 15) is 34.5 Å². The number of rotatable bonds is 18. The maximum Gasteiger partial charge on any atom is 0.328 e. The molecule has 0 aromatic carbocycles. The number of carboxylic acids is 3. The zero-order valence-electron chi connectivity index (χ0n) is 28.2. The molecule has 0 radical (unpaired) electrons. The Morgan fingerprint density at radius 1 is 0.936 bits per heavy atom. The summed E-state index contributed by atoms with van der Waals surface area (Å²) in [5.74, 6) is -5.35. The number of allylic oxidation sites excluding steroid dienone is 4. The molecule has 0 bridgehead atoms. The first-order chi connectivity index (χ1) is 22.2. The number of aliphatic hydroxyl groups is 1. The van der Waals surface area contributed by atoms with E-state index in [0.29, 0.717) is 37.7 Å². The maximum atomic E-state index is 13.2. The summed E-state index contributed by atoms with van der Waals surface area (Å²) >= 11 is 0. The Morgan fingerprint density at radius 2 is 1.66 bits per heavy atom. The molecule has 0 amide bonds. The minimum atomic E-state index is -1.09. The van der Waals surface area contributed by atoms with Crippen molar-refractivity contribution < 1.29 is 53.8 Å². The van der Waals surface area contributed by atoms with Gasteiger partial charge in [-0.25, -0.2) is 9.59 Å². The lowest BCUT2D eigenvalue weighted by atomic mass is 9.77. The number of Topliss-reactive ketones (excluding diaryl/α,β-unsaturated/α-hetero) is 1. The number of methoxy groups -OCH3 is 1.